The van der Waals surface area contributed by atoms with E-state index < -0.39 is 0 Å². The molecule has 1 aromatic carbocycles. The lowest BCUT2D eigenvalue weighted by atomic mass is 10.1. The summed E-state index contributed by atoms with van der Waals surface area (Å²) in [5, 5.41) is 9.10. The number of carbonyl (C=O) groups is 1. The Bertz CT molecular complexity index is 649. The monoisotopic (exact) mass is 289 g/mol. The van der Waals surface area contributed by atoms with E-state index in [1.807, 2.05) is 37.4 Å². The van der Waals surface area contributed by atoms with E-state index >= 15 is 0 Å². The third kappa shape index (κ3) is 3.48. The molecule has 0 fully saturated rings. The minimum Gasteiger partial charge on any atom is -0.325 e. The molecule has 104 valence electrons. The van der Waals surface area contributed by atoms with E-state index in [-0.39, 0.29) is 16.7 Å². The molecule has 2 rings (SSSR count). The van der Waals surface area contributed by atoms with Gasteiger partial charge in [-0.3, -0.25) is 9.59 Å². The number of hydrogen-bond acceptors (Lipinski definition) is 4. The Morgan fingerprint density at radius 1 is 1.35 bits per heavy atom. The molecule has 2 N–H and O–H groups in total. The van der Waals surface area contributed by atoms with Crippen molar-refractivity contribution in [2.75, 3.05) is 11.6 Å². The van der Waals surface area contributed by atoms with Crippen LogP contribution in [0.3, 0.4) is 0 Å². The maximum Gasteiger partial charge on any atom is 0.264 e. The molecule has 1 heterocycles. The summed E-state index contributed by atoms with van der Waals surface area (Å²) in [5.74, 6) is -0.0379. The normalized spacial score (nSPS) is 11.9. The van der Waals surface area contributed by atoms with E-state index in [1.165, 1.54) is 17.8 Å². The predicted octanol–water partition coefficient (Wildman–Crippen LogP) is 2.13. The highest BCUT2D eigenvalue weighted by atomic mass is 32.2. The number of nitrogens with zero attached hydrogens (tertiary/aromatic N) is 1. The van der Waals surface area contributed by atoms with Crippen LogP contribution in [0, 0.1) is 0 Å². The minimum atomic E-state index is -0.244. The van der Waals surface area contributed by atoms with Crippen LogP contribution >= 0.6 is 11.8 Å². The van der Waals surface area contributed by atoms with Crippen molar-refractivity contribution in [3.8, 4) is 11.3 Å². The molecule has 20 heavy (non-hydrogen) atoms. The van der Waals surface area contributed by atoms with Crippen LogP contribution in [0.5, 0.6) is 0 Å². The largest absolute Gasteiger partial charge is 0.325 e. The standard InChI is InChI=1S/C14H15N3O2S/c1-9(20-2)14(19)15-11-5-3-4-10(8-11)12-6-7-13(18)17-16-12/h3-9H,1-2H3,(H,15,19)(H,17,18). The number of H-pyrrole nitrogens is 1. The third-order valence-electron chi connectivity index (χ3n) is 2.83. The van der Waals surface area contributed by atoms with Crippen LogP contribution in [-0.4, -0.2) is 27.6 Å². The molecule has 0 spiro atoms. The van der Waals surface area contributed by atoms with E-state index in [4.69, 9.17) is 0 Å². The van der Waals surface area contributed by atoms with Crippen LogP contribution in [0.2, 0.25) is 0 Å². The average Bonchev–Trinajstić information content (AvgIpc) is 2.47. The smallest absolute Gasteiger partial charge is 0.264 e. The molecule has 1 aromatic heterocycles. The Morgan fingerprint density at radius 3 is 2.80 bits per heavy atom. The second-order valence-electron chi connectivity index (χ2n) is 4.25. The molecule has 2 aromatic rings. The van der Waals surface area contributed by atoms with Gasteiger partial charge in [-0.1, -0.05) is 12.1 Å². The average molecular weight is 289 g/mol. The van der Waals surface area contributed by atoms with Crippen LogP contribution in [0.15, 0.2) is 41.2 Å². The Labute approximate surface area is 120 Å². The lowest BCUT2D eigenvalue weighted by molar-refractivity contribution is -0.115. The van der Waals surface area contributed by atoms with Crippen molar-refractivity contribution < 1.29 is 4.79 Å². The fourth-order valence-corrected chi connectivity index (χ4v) is 1.89. The van der Waals surface area contributed by atoms with Gasteiger partial charge in [-0.2, -0.15) is 16.9 Å². The van der Waals surface area contributed by atoms with Crippen LogP contribution in [0.4, 0.5) is 5.69 Å². The molecule has 1 amide bonds. The Kier molecular flexibility index (Phi) is 4.57. The summed E-state index contributed by atoms with van der Waals surface area (Å²) < 4.78 is 0. The molecule has 0 aliphatic heterocycles. The first-order valence-electron chi connectivity index (χ1n) is 6.10. The van der Waals surface area contributed by atoms with Crippen molar-refractivity contribution in [3.05, 3.63) is 46.8 Å². The number of nitrogens with one attached hydrogen (secondary N) is 2. The highest BCUT2D eigenvalue weighted by molar-refractivity contribution is 7.99. The first-order valence-corrected chi connectivity index (χ1v) is 7.39. The molecule has 1 unspecified atom stereocenters. The van der Waals surface area contributed by atoms with Crippen LogP contribution in [-0.2, 0) is 4.79 Å². The first kappa shape index (κ1) is 14.3. The molecule has 5 nitrogen and oxygen atoms in total. The topological polar surface area (TPSA) is 74.8 Å². The van der Waals surface area contributed by atoms with E-state index in [9.17, 15) is 9.59 Å². The summed E-state index contributed by atoms with van der Waals surface area (Å²) >= 11 is 1.49. The van der Waals surface area contributed by atoms with Gasteiger partial charge >= 0.3 is 0 Å². The second-order valence-corrected chi connectivity index (χ2v) is 5.43. The zero-order valence-corrected chi connectivity index (χ0v) is 12.0. The zero-order valence-electron chi connectivity index (χ0n) is 11.2. The number of rotatable bonds is 4. The molecule has 0 saturated heterocycles. The van der Waals surface area contributed by atoms with E-state index in [0.29, 0.717) is 11.4 Å². The lowest BCUT2D eigenvalue weighted by Gasteiger charge is -2.10. The summed E-state index contributed by atoms with van der Waals surface area (Å²) in [4.78, 5) is 22.8. The molecule has 6 heteroatoms. The number of carbonyl (C=O) groups excluding carboxylic acids is 1. The summed E-state index contributed by atoms with van der Waals surface area (Å²) in [6, 6.07) is 10.4. The molecular formula is C14H15N3O2S. The number of aromatic nitrogens is 2. The van der Waals surface area contributed by atoms with E-state index in [2.05, 4.69) is 15.5 Å². The molecular weight excluding hydrogens is 274 g/mol. The number of benzene rings is 1. The highest BCUT2D eigenvalue weighted by Gasteiger charge is 2.11. The predicted molar refractivity (Wildman–Crippen MR) is 81.9 cm³/mol. The Hall–Kier alpha value is -2.08. The van der Waals surface area contributed by atoms with Gasteiger partial charge in [0.25, 0.3) is 5.56 Å². The van der Waals surface area contributed by atoms with Gasteiger partial charge in [-0.05, 0) is 31.4 Å². The number of hydrogen-bond donors (Lipinski definition) is 2. The zero-order chi connectivity index (χ0) is 14.5. The Balaban J connectivity index is 2.22. The molecule has 0 saturated carbocycles. The summed E-state index contributed by atoms with van der Waals surface area (Å²) in [6.07, 6.45) is 1.89. The third-order valence-corrected chi connectivity index (χ3v) is 3.75. The Morgan fingerprint density at radius 2 is 2.15 bits per heavy atom. The molecule has 1 atom stereocenters. The van der Waals surface area contributed by atoms with Gasteiger partial charge in [0.05, 0.1) is 10.9 Å². The maximum absolute atomic E-state index is 11.8. The maximum atomic E-state index is 11.8. The van der Waals surface area contributed by atoms with Crippen molar-refractivity contribution >= 4 is 23.4 Å². The quantitative estimate of drug-likeness (QED) is 0.904. The lowest BCUT2D eigenvalue weighted by Crippen LogP contribution is -2.22. The SMILES string of the molecule is CSC(C)C(=O)Nc1cccc(-c2ccc(=O)[nH]n2)c1. The van der Waals surface area contributed by atoms with Gasteiger partial charge in [0, 0.05) is 17.3 Å². The van der Waals surface area contributed by atoms with Gasteiger partial charge in [0.2, 0.25) is 5.91 Å². The second kappa shape index (κ2) is 6.38. The van der Waals surface area contributed by atoms with Crippen molar-refractivity contribution in [2.45, 2.75) is 12.2 Å². The number of thioether (sulfide) groups is 1. The van der Waals surface area contributed by atoms with Crippen molar-refractivity contribution in [1.29, 1.82) is 0 Å². The molecule has 0 aliphatic rings. The van der Waals surface area contributed by atoms with Gasteiger partial charge in [0.15, 0.2) is 0 Å². The number of anilines is 1. The van der Waals surface area contributed by atoms with Crippen molar-refractivity contribution in [3.63, 3.8) is 0 Å². The van der Waals surface area contributed by atoms with Gasteiger partial charge in [-0.25, -0.2) is 5.10 Å². The fourth-order valence-electron chi connectivity index (χ4n) is 1.61. The first-order chi connectivity index (χ1) is 9.60. The van der Waals surface area contributed by atoms with Crippen LogP contribution in [0.25, 0.3) is 11.3 Å². The van der Waals surface area contributed by atoms with Gasteiger partial charge in [0.1, 0.15) is 0 Å². The highest BCUT2D eigenvalue weighted by Crippen LogP contribution is 2.20. The van der Waals surface area contributed by atoms with Crippen LogP contribution < -0.4 is 10.9 Å². The molecule has 0 aliphatic carbocycles. The van der Waals surface area contributed by atoms with Crippen LogP contribution in [0.1, 0.15) is 6.92 Å². The van der Waals surface area contributed by atoms with E-state index in [1.54, 1.807) is 6.07 Å². The summed E-state index contributed by atoms with van der Waals surface area (Å²) in [7, 11) is 0. The summed E-state index contributed by atoms with van der Waals surface area (Å²) in [5.41, 5.74) is 1.95. The van der Waals surface area contributed by atoms with Gasteiger partial charge < -0.3 is 5.32 Å². The molecule has 0 radical (unpaired) electrons. The number of amides is 1. The van der Waals surface area contributed by atoms with Gasteiger partial charge in [-0.15, -0.1) is 0 Å². The van der Waals surface area contributed by atoms with Crippen molar-refractivity contribution in [2.24, 2.45) is 0 Å². The minimum absolute atomic E-state index is 0.0379. The molecule has 0 bridgehead atoms. The van der Waals surface area contributed by atoms with E-state index in [0.717, 1.165) is 5.56 Å². The number of aromatic amines is 1. The van der Waals surface area contributed by atoms with Crippen molar-refractivity contribution in [1.82, 2.24) is 10.2 Å². The summed E-state index contributed by atoms with van der Waals surface area (Å²) in [6.45, 7) is 1.85. The fraction of sp³-hybridized carbons (Fsp3) is 0.214.